The first-order valence-corrected chi connectivity index (χ1v) is 7.49. The predicted molar refractivity (Wildman–Crippen MR) is 84.2 cm³/mol. The molecule has 2 rings (SSSR count). The van der Waals surface area contributed by atoms with Crippen LogP contribution in [-0.4, -0.2) is 40.7 Å². The van der Waals surface area contributed by atoms with E-state index < -0.39 is 5.60 Å². The van der Waals surface area contributed by atoms with Gasteiger partial charge in [0.15, 0.2) is 0 Å². The van der Waals surface area contributed by atoms with Gasteiger partial charge in [0.1, 0.15) is 0 Å². The second kappa shape index (κ2) is 7.02. The fourth-order valence-corrected chi connectivity index (χ4v) is 2.79. The zero-order chi connectivity index (χ0) is 15.3. The van der Waals surface area contributed by atoms with E-state index in [2.05, 4.69) is 24.2 Å². The molecule has 0 fully saturated rings. The summed E-state index contributed by atoms with van der Waals surface area (Å²) in [5, 5.41) is 16.6. The van der Waals surface area contributed by atoms with Crippen molar-refractivity contribution < 1.29 is 9.84 Å². The molecule has 116 valence electrons. The van der Waals surface area contributed by atoms with Gasteiger partial charge < -0.3 is 15.6 Å². The van der Waals surface area contributed by atoms with E-state index in [0.29, 0.717) is 26.0 Å². The van der Waals surface area contributed by atoms with E-state index in [4.69, 9.17) is 10.5 Å². The van der Waals surface area contributed by atoms with Gasteiger partial charge in [-0.1, -0.05) is 18.2 Å². The third-order valence-corrected chi connectivity index (χ3v) is 3.79. The van der Waals surface area contributed by atoms with Gasteiger partial charge in [0, 0.05) is 25.5 Å². The molecule has 1 heterocycles. The van der Waals surface area contributed by atoms with Gasteiger partial charge in [-0.2, -0.15) is 5.10 Å². The molecule has 0 amide bonds. The third-order valence-electron chi connectivity index (χ3n) is 3.79. The maximum atomic E-state index is 10.8. The highest BCUT2D eigenvalue weighted by Crippen LogP contribution is 2.25. The minimum atomic E-state index is -0.913. The first-order valence-electron chi connectivity index (χ1n) is 7.49. The van der Waals surface area contributed by atoms with Crippen LogP contribution in [0.2, 0.25) is 0 Å². The predicted octanol–water partition coefficient (Wildman–Crippen LogP) is 1.72. The molecule has 0 saturated heterocycles. The number of fused-ring (bicyclic) bond motifs is 1. The summed E-state index contributed by atoms with van der Waals surface area (Å²) in [6.07, 6.45) is 1.87. The van der Waals surface area contributed by atoms with Crippen LogP contribution in [0.25, 0.3) is 10.9 Å². The molecule has 1 aromatic heterocycles. The number of ether oxygens (including phenoxy) is 1. The van der Waals surface area contributed by atoms with E-state index in [1.54, 1.807) is 7.11 Å². The van der Waals surface area contributed by atoms with Crippen LogP contribution < -0.4 is 5.73 Å². The average molecular weight is 291 g/mol. The highest BCUT2D eigenvalue weighted by molar-refractivity contribution is 5.82. The van der Waals surface area contributed by atoms with Crippen LogP contribution in [0.3, 0.4) is 0 Å². The van der Waals surface area contributed by atoms with Crippen molar-refractivity contribution in [2.75, 3.05) is 20.3 Å². The Bertz CT molecular complexity index is 582. The van der Waals surface area contributed by atoms with Gasteiger partial charge in [-0.3, -0.25) is 4.68 Å². The molecule has 1 unspecified atom stereocenters. The smallest absolute Gasteiger partial charge is 0.0936 e. The largest absolute Gasteiger partial charge is 0.387 e. The lowest BCUT2D eigenvalue weighted by molar-refractivity contribution is -0.0380. The second-order valence-electron chi connectivity index (χ2n) is 5.51. The molecule has 5 nitrogen and oxygen atoms in total. The fourth-order valence-electron chi connectivity index (χ4n) is 2.79. The topological polar surface area (TPSA) is 73.3 Å². The van der Waals surface area contributed by atoms with Crippen molar-refractivity contribution in [1.29, 1.82) is 0 Å². The van der Waals surface area contributed by atoms with Crippen LogP contribution >= 0.6 is 0 Å². The van der Waals surface area contributed by atoms with Gasteiger partial charge >= 0.3 is 0 Å². The molecule has 0 spiro atoms. The summed E-state index contributed by atoms with van der Waals surface area (Å²) in [7, 11) is 1.61. The normalized spacial score (nSPS) is 14.5. The van der Waals surface area contributed by atoms with Gasteiger partial charge in [0.2, 0.25) is 0 Å². The SMILES string of the molecule is CCn1nc(CC(O)(CCCN)COC)c2ccccc21. The molecule has 3 N–H and O–H groups in total. The van der Waals surface area contributed by atoms with E-state index in [1.807, 2.05) is 16.8 Å². The van der Waals surface area contributed by atoms with Crippen LogP contribution in [0.15, 0.2) is 24.3 Å². The lowest BCUT2D eigenvalue weighted by Gasteiger charge is -2.26. The molecule has 0 aliphatic heterocycles. The van der Waals surface area contributed by atoms with Crippen molar-refractivity contribution in [3.63, 3.8) is 0 Å². The minimum absolute atomic E-state index is 0.292. The molecular weight excluding hydrogens is 266 g/mol. The van der Waals surface area contributed by atoms with E-state index in [1.165, 1.54) is 0 Å². The number of benzene rings is 1. The van der Waals surface area contributed by atoms with E-state index in [0.717, 1.165) is 29.6 Å². The van der Waals surface area contributed by atoms with Gasteiger partial charge in [-0.15, -0.1) is 0 Å². The molecule has 21 heavy (non-hydrogen) atoms. The summed E-state index contributed by atoms with van der Waals surface area (Å²) in [5.74, 6) is 0. The van der Waals surface area contributed by atoms with Gasteiger partial charge in [0.05, 0.1) is 23.4 Å². The van der Waals surface area contributed by atoms with E-state index in [-0.39, 0.29) is 0 Å². The van der Waals surface area contributed by atoms with Crippen LogP contribution in [0.1, 0.15) is 25.5 Å². The van der Waals surface area contributed by atoms with Crippen LogP contribution in [0, 0.1) is 0 Å². The van der Waals surface area contributed by atoms with Crippen LogP contribution in [-0.2, 0) is 17.7 Å². The number of methoxy groups -OCH3 is 1. The van der Waals surface area contributed by atoms with Crippen molar-refractivity contribution in [3.8, 4) is 0 Å². The molecule has 0 saturated carbocycles. The van der Waals surface area contributed by atoms with Crippen molar-refractivity contribution in [3.05, 3.63) is 30.0 Å². The lowest BCUT2D eigenvalue weighted by Crippen LogP contribution is -2.37. The monoisotopic (exact) mass is 291 g/mol. The lowest BCUT2D eigenvalue weighted by atomic mass is 9.92. The Morgan fingerprint density at radius 2 is 2.14 bits per heavy atom. The average Bonchev–Trinajstić information content (AvgIpc) is 2.83. The Hall–Kier alpha value is -1.43. The van der Waals surface area contributed by atoms with Crippen molar-refractivity contribution in [2.45, 2.75) is 38.3 Å². The number of hydrogen-bond acceptors (Lipinski definition) is 4. The van der Waals surface area contributed by atoms with Gasteiger partial charge in [0.25, 0.3) is 0 Å². The minimum Gasteiger partial charge on any atom is -0.387 e. The number of aryl methyl sites for hydroxylation is 1. The Kier molecular flexibility index (Phi) is 5.33. The van der Waals surface area contributed by atoms with Crippen LogP contribution in [0.4, 0.5) is 0 Å². The summed E-state index contributed by atoms with van der Waals surface area (Å²) in [6, 6.07) is 8.13. The summed E-state index contributed by atoms with van der Waals surface area (Å²) in [5.41, 5.74) is 6.68. The first kappa shape index (κ1) is 15.9. The highest BCUT2D eigenvalue weighted by atomic mass is 16.5. The summed E-state index contributed by atoms with van der Waals surface area (Å²) in [6.45, 7) is 3.74. The summed E-state index contributed by atoms with van der Waals surface area (Å²) < 4.78 is 7.17. The second-order valence-corrected chi connectivity index (χ2v) is 5.51. The molecule has 1 atom stereocenters. The Labute approximate surface area is 125 Å². The molecular formula is C16H25N3O2. The number of aliphatic hydroxyl groups is 1. The number of rotatable bonds is 8. The number of nitrogens with zero attached hydrogens (tertiary/aromatic N) is 2. The number of aromatic nitrogens is 2. The van der Waals surface area contributed by atoms with Crippen molar-refractivity contribution in [1.82, 2.24) is 9.78 Å². The standard InChI is InChI=1S/C16H25N3O2/c1-3-19-15-8-5-4-7-13(15)14(18-19)11-16(20,12-21-2)9-6-10-17/h4-5,7-8,20H,3,6,9-12,17H2,1-2H3. The fraction of sp³-hybridized carbons (Fsp3) is 0.562. The molecule has 0 aliphatic carbocycles. The maximum absolute atomic E-state index is 10.8. The number of para-hydroxylation sites is 1. The Morgan fingerprint density at radius 1 is 1.38 bits per heavy atom. The first-order chi connectivity index (χ1) is 10.1. The molecule has 0 aliphatic rings. The van der Waals surface area contributed by atoms with E-state index in [9.17, 15) is 5.11 Å². The van der Waals surface area contributed by atoms with Crippen molar-refractivity contribution >= 4 is 10.9 Å². The summed E-state index contributed by atoms with van der Waals surface area (Å²) >= 11 is 0. The molecule has 5 heteroatoms. The van der Waals surface area contributed by atoms with Crippen molar-refractivity contribution in [2.24, 2.45) is 5.73 Å². The maximum Gasteiger partial charge on any atom is 0.0936 e. The molecule has 1 aromatic carbocycles. The zero-order valence-corrected chi connectivity index (χ0v) is 12.9. The molecule has 0 radical (unpaired) electrons. The van der Waals surface area contributed by atoms with E-state index >= 15 is 0 Å². The molecule has 2 aromatic rings. The third kappa shape index (κ3) is 3.61. The van der Waals surface area contributed by atoms with Crippen LogP contribution in [0.5, 0.6) is 0 Å². The number of hydrogen-bond donors (Lipinski definition) is 2. The summed E-state index contributed by atoms with van der Waals surface area (Å²) in [4.78, 5) is 0. The van der Waals surface area contributed by atoms with Gasteiger partial charge in [-0.05, 0) is 32.4 Å². The Balaban J connectivity index is 2.32. The Morgan fingerprint density at radius 3 is 2.81 bits per heavy atom. The van der Waals surface area contributed by atoms with Gasteiger partial charge in [-0.25, -0.2) is 0 Å². The molecule has 0 bridgehead atoms. The quantitative estimate of drug-likeness (QED) is 0.776. The zero-order valence-electron chi connectivity index (χ0n) is 12.9. The highest BCUT2D eigenvalue weighted by Gasteiger charge is 2.29. The number of nitrogens with two attached hydrogens (primary N) is 1.